The molecule has 130 valence electrons. The van der Waals surface area contributed by atoms with Crippen LogP contribution in [0.2, 0.25) is 0 Å². The third kappa shape index (κ3) is 4.03. The zero-order chi connectivity index (χ0) is 17.8. The fourth-order valence-corrected chi connectivity index (χ4v) is 2.80. The highest BCUT2D eigenvalue weighted by atomic mass is 19.1. The number of rotatable bonds is 6. The molecular weight excluding hydrogens is 321 g/mol. The van der Waals surface area contributed by atoms with Crippen molar-refractivity contribution in [3.63, 3.8) is 0 Å². The maximum absolute atomic E-state index is 13.3. The molecule has 0 radical (unpaired) electrons. The lowest BCUT2D eigenvalue weighted by Crippen LogP contribution is -2.27. The Kier molecular flexibility index (Phi) is 5.09. The molecule has 0 bridgehead atoms. The van der Waals surface area contributed by atoms with Crippen LogP contribution in [0.1, 0.15) is 23.9 Å². The fraction of sp³-hybridized carbons (Fsp3) is 0.263. The number of halogens is 1. The summed E-state index contributed by atoms with van der Waals surface area (Å²) in [5, 5.41) is 12.8. The van der Waals surface area contributed by atoms with E-state index in [-0.39, 0.29) is 18.1 Å². The van der Waals surface area contributed by atoms with Gasteiger partial charge in [0.25, 0.3) is 0 Å². The van der Waals surface area contributed by atoms with Gasteiger partial charge < -0.3 is 15.0 Å². The molecule has 1 heterocycles. The number of fused-ring (bicyclic) bond motifs is 1. The highest BCUT2D eigenvalue weighted by Gasteiger charge is 2.13. The van der Waals surface area contributed by atoms with Crippen molar-refractivity contribution in [2.45, 2.75) is 18.9 Å². The van der Waals surface area contributed by atoms with E-state index in [0.717, 1.165) is 16.9 Å². The number of carbonyl (C=O) groups is 1. The first-order valence-corrected chi connectivity index (χ1v) is 8.15. The van der Waals surface area contributed by atoms with E-state index in [1.54, 1.807) is 18.2 Å². The quantitative estimate of drug-likeness (QED) is 0.724. The van der Waals surface area contributed by atoms with Crippen molar-refractivity contribution in [2.24, 2.45) is 7.05 Å². The molecule has 0 aliphatic heterocycles. The lowest BCUT2D eigenvalue weighted by atomic mass is 10.1. The van der Waals surface area contributed by atoms with Gasteiger partial charge in [-0.15, -0.1) is 0 Å². The molecule has 25 heavy (non-hydrogen) atoms. The van der Waals surface area contributed by atoms with Crippen molar-refractivity contribution in [2.75, 3.05) is 6.54 Å². The number of aryl methyl sites for hydroxylation is 1. The van der Waals surface area contributed by atoms with E-state index in [0.29, 0.717) is 18.5 Å². The first-order valence-electron chi connectivity index (χ1n) is 8.15. The van der Waals surface area contributed by atoms with Crippen LogP contribution in [0, 0.1) is 5.82 Å². The largest absolute Gasteiger partial charge is 0.388 e. The molecule has 0 aliphatic carbocycles. The SMILES string of the molecule is Cn1c(CCNC(=O)CC(O)c2ccccc2)nc2cc(F)ccc21. The second kappa shape index (κ2) is 7.44. The topological polar surface area (TPSA) is 67.2 Å². The maximum Gasteiger partial charge on any atom is 0.222 e. The Hall–Kier alpha value is -2.73. The standard InChI is InChI=1S/C19H20FN3O2/c1-23-16-8-7-14(20)11-15(16)22-18(23)9-10-21-19(25)12-17(24)13-5-3-2-4-6-13/h2-8,11,17,24H,9-10,12H2,1H3,(H,21,25). The third-order valence-corrected chi connectivity index (χ3v) is 4.17. The van der Waals surface area contributed by atoms with E-state index in [1.165, 1.54) is 12.1 Å². The van der Waals surface area contributed by atoms with E-state index < -0.39 is 6.10 Å². The van der Waals surface area contributed by atoms with Gasteiger partial charge in [-0.1, -0.05) is 30.3 Å². The summed E-state index contributed by atoms with van der Waals surface area (Å²) < 4.78 is 15.2. The molecule has 1 aromatic heterocycles. The summed E-state index contributed by atoms with van der Waals surface area (Å²) in [6.07, 6.45) is -0.280. The molecule has 5 nitrogen and oxygen atoms in total. The molecule has 2 N–H and O–H groups in total. The van der Waals surface area contributed by atoms with Gasteiger partial charge in [0.05, 0.1) is 23.6 Å². The summed E-state index contributed by atoms with van der Waals surface area (Å²) in [4.78, 5) is 16.4. The Balaban J connectivity index is 1.54. The fourth-order valence-electron chi connectivity index (χ4n) is 2.80. The molecule has 3 aromatic rings. The summed E-state index contributed by atoms with van der Waals surface area (Å²) in [6, 6.07) is 13.6. The molecule has 3 rings (SSSR count). The number of aliphatic hydroxyl groups is 1. The highest BCUT2D eigenvalue weighted by molar-refractivity contribution is 5.77. The summed E-state index contributed by atoms with van der Waals surface area (Å²) in [7, 11) is 1.86. The van der Waals surface area contributed by atoms with E-state index >= 15 is 0 Å². The second-order valence-electron chi connectivity index (χ2n) is 5.95. The van der Waals surface area contributed by atoms with Gasteiger partial charge in [0.15, 0.2) is 0 Å². The predicted octanol–water partition coefficient (Wildman–Crippen LogP) is 2.49. The minimum atomic E-state index is -0.820. The van der Waals surface area contributed by atoms with Gasteiger partial charge in [0.1, 0.15) is 11.6 Å². The number of benzene rings is 2. The Morgan fingerprint density at radius 1 is 1.28 bits per heavy atom. The van der Waals surface area contributed by atoms with Gasteiger partial charge in [-0.05, 0) is 17.7 Å². The summed E-state index contributed by atoms with van der Waals surface area (Å²) >= 11 is 0. The van der Waals surface area contributed by atoms with Crippen LogP contribution < -0.4 is 5.32 Å². The average molecular weight is 341 g/mol. The van der Waals surface area contributed by atoms with Crippen LogP contribution in [0.5, 0.6) is 0 Å². The summed E-state index contributed by atoms with van der Waals surface area (Å²) in [5.41, 5.74) is 2.17. The number of aromatic nitrogens is 2. The number of nitrogens with zero attached hydrogens (tertiary/aromatic N) is 2. The average Bonchev–Trinajstić information content (AvgIpc) is 2.91. The number of aliphatic hydroxyl groups excluding tert-OH is 1. The number of hydrogen-bond donors (Lipinski definition) is 2. The second-order valence-corrected chi connectivity index (χ2v) is 5.95. The molecule has 0 aliphatic rings. The molecule has 1 amide bonds. The van der Waals surface area contributed by atoms with Gasteiger partial charge in [0.2, 0.25) is 5.91 Å². The molecule has 1 unspecified atom stereocenters. The van der Waals surface area contributed by atoms with Crippen molar-refractivity contribution in [1.82, 2.24) is 14.9 Å². The van der Waals surface area contributed by atoms with Crippen LogP contribution in [0.25, 0.3) is 11.0 Å². The molecular formula is C19H20FN3O2. The summed E-state index contributed by atoms with van der Waals surface area (Å²) in [5.74, 6) is 0.228. The van der Waals surface area contributed by atoms with Crippen molar-refractivity contribution < 1.29 is 14.3 Å². The molecule has 6 heteroatoms. The number of amides is 1. The van der Waals surface area contributed by atoms with Crippen LogP contribution in [-0.2, 0) is 18.3 Å². The van der Waals surface area contributed by atoms with Gasteiger partial charge in [-0.2, -0.15) is 0 Å². The Morgan fingerprint density at radius 2 is 2.04 bits per heavy atom. The Morgan fingerprint density at radius 3 is 2.80 bits per heavy atom. The van der Waals surface area contributed by atoms with E-state index in [1.807, 2.05) is 29.8 Å². The van der Waals surface area contributed by atoms with E-state index in [9.17, 15) is 14.3 Å². The number of carbonyl (C=O) groups excluding carboxylic acids is 1. The third-order valence-electron chi connectivity index (χ3n) is 4.17. The predicted molar refractivity (Wildman–Crippen MR) is 93.4 cm³/mol. The van der Waals surface area contributed by atoms with Gasteiger partial charge in [0, 0.05) is 26.1 Å². The first kappa shape index (κ1) is 17.1. The maximum atomic E-state index is 13.3. The molecule has 0 saturated heterocycles. The van der Waals surface area contributed by atoms with E-state index in [2.05, 4.69) is 10.3 Å². The molecule has 0 spiro atoms. The van der Waals surface area contributed by atoms with Crippen molar-refractivity contribution >= 4 is 16.9 Å². The minimum Gasteiger partial charge on any atom is -0.388 e. The number of imidazole rings is 1. The number of nitrogens with one attached hydrogen (secondary N) is 1. The summed E-state index contributed by atoms with van der Waals surface area (Å²) in [6.45, 7) is 0.403. The lowest BCUT2D eigenvalue weighted by Gasteiger charge is -2.11. The van der Waals surface area contributed by atoms with Crippen LogP contribution in [0.15, 0.2) is 48.5 Å². The van der Waals surface area contributed by atoms with Gasteiger partial charge in [-0.25, -0.2) is 9.37 Å². The zero-order valence-electron chi connectivity index (χ0n) is 13.9. The minimum absolute atomic E-state index is 0.0117. The Bertz CT molecular complexity index is 877. The first-order chi connectivity index (χ1) is 12.0. The van der Waals surface area contributed by atoms with Crippen LogP contribution in [-0.4, -0.2) is 27.1 Å². The van der Waals surface area contributed by atoms with Gasteiger partial charge in [-0.3, -0.25) is 4.79 Å². The van der Waals surface area contributed by atoms with Crippen LogP contribution in [0.3, 0.4) is 0 Å². The smallest absolute Gasteiger partial charge is 0.222 e. The number of hydrogen-bond acceptors (Lipinski definition) is 3. The van der Waals surface area contributed by atoms with Crippen molar-refractivity contribution in [3.05, 3.63) is 65.7 Å². The molecule has 1 atom stereocenters. The normalized spacial score (nSPS) is 12.3. The van der Waals surface area contributed by atoms with Crippen molar-refractivity contribution in [1.29, 1.82) is 0 Å². The Labute approximate surface area is 145 Å². The molecule has 0 fully saturated rings. The zero-order valence-corrected chi connectivity index (χ0v) is 13.9. The van der Waals surface area contributed by atoms with Crippen LogP contribution in [0.4, 0.5) is 4.39 Å². The highest BCUT2D eigenvalue weighted by Crippen LogP contribution is 2.17. The van der Waals surface area contributed by atoms with Gasteiger partial charge >= 0.3 is 0 Å². The molecule has 2 aromatic carbocycles. The molecule has 0 saturated carbocycles. The van der Waals surface area contributed by atoms with Crippen LogP contribution >= 0.6 is 0 Å². The monoisotopic (exact) mass is 341 g/mol. The van der Waals surface area contributed by atoms with Crippen molar-refractivity contribution in [3.8, 4) is 0 Å². The van der Waals surface area contributed by atoms with E-state index in [4.69, 9.17) is 0 Å². The lowest BCUT2D eigenvalue weighted by molar-refractivity contribution is -0.123.